The number of carbonyl (C=O) groups is 2. The van der Waals surface area contributed by atoms with E-state index in [0.717, 1.165) is 29.5 Å². The summed E-state index contributed by atoms with van der Waals surface area (Å²) in [6.07, 6.45) is 2.08. The molecule has 2 amide bonds. The lowest BCUT2D eigenvalue weighted by Crippen LogP contribution is -2.38. The van der Waals surface area contributed by atoms with Gasteiger partial charge in [-0.15, -0.1) is 0 Å². The summed E-state index contributed by atoms with van der Waals surface area (Å²) in [6, 6.07) is 14.5. The summed E-state index contributed by atoms with van der Waals surface area (Å²) in [6.45, 7) is 3.81. The number of thiocarbonyl (C=S) groups is 1. The first-order valence-electron chi connectivity index (χ1n) is 9.20. The average Bonchev–Trinajstić information content (AvgIpc) is 2.68. The van der Waals surface area contributed by atoms with Crippen LogP contribution in [0.1, 0.15) is 40.5 Å². The van der Waals surface area contributed by atoms with Gasteiger partial charge < -0.3 is 10.2 Å². The molecule has 1 heterocycles. The molecule has 0 atom stereocenters. The maximum Gasteiger partial charge on any atom is 0.258 e. The zero-order valence-corrected chi connectivity index (χ0v) is 18.5. The van der Waals surface area contributed by atoms with Crippen molar-refractivity contribution < 1.29 is 9.59 Å². The molecule has 3 rings (SSSR count). The molecule has 2 aromatic carbocycles. The van der Waals surface area contributed by atoms with Gasteiger partial charge in [0.05, 0.1) is 5.56 Å². The predicted molar refractivity (Wildman–Crippen MR) is 124 cm³/mol. The molecule has 0 saturated carbocycles. The van der Waals surface area contributed by atoms with Crippen LogP contribution in [0.5, 0.6) is 0 Å². The number of carbonyl (C=O) groups excluding carboxylic acids is 2. The minimum atomic E-state index is -0.267. The highest BCUT2D eigenvalue weighted by Crippen LogP contribution is 2.19. The largest absolute Gasteiger partial charge is 0.339 e. The summed E-state index contributed by atoms with van der Waals surface area (Å²) in [7, 11) is 0. The van der Waals surface area contributed by atoms with Crippen LogP contribution in [-0.4, -0.2) is 34.9 Å². The minimum Gasteiger partial charge on any atom is -0.339 e. The molecular formula is C21H22IN3O2S. The number of hydrogen-bond acceptors (Lipinski definition) is 3. The summed E-state index contributed by atoms with van der Waals surface area (Å²) in [5, 5.41) is 5.87. The van der Waals surface area contributed by atoms with Gasteiger partial charge in [0.2, 0.25) is 0 Å². The van der Waals surface area contributed by atoms with Crippen molar-refractivity contribution in [3.05, 3.63) is 63.2 Å². The number of rotatable bonds is 3. The fourth-order valence-corrected chi connectivity index (χ4v) is 3.95. The van der Waals surface area contributed by atoms with Crippen molar-refractivity contribution in [1.82, 2.24) is 10.2 Å². The number of halogens is 1. The van der Waals surface area contributed by atoms with Crippen molar-refractivity contribution in [3.8, 4) is 0 Å². The number of amides is 2. The number of nitrogens with one attached hydrogen (secondary N) is 2. The molecule has 1 saturated heterocycles. The predicted octanol–water partition coefficient (Wildman–Crippen LogP) is 4.29. The Hall–Kier alpha value is -2.00. The third-order valence-electron chi connectivity index (χ3n) is 4.78. The second kappa shape index (κ2) is 9.47. The molecular weight excluding hydrogens is 485 g/mol. The maximum atomic E-state index is 12.7. The van der Waals surface area contributed by atoms with Gasteiger partial charge in [0.25, 0.3) is 11.8 Å². The standard InChI is InChI=1S/C21H22IN3O2S/c1-14-9-11-25(12-10-14)20(27)15-5-4-6-16(13-15)23-21(28)24-19(26)17-7-2-3-8-18(17)22/h2-8,13-14H,9-12H2,1H3,(H2,23,24,26,28). The SMILES string of the molecule is CC1CCN(C(=O)c2cccc(NC(=S)NC(=O)c3ccccc3I)c2)CC1. The van der Waals surface area contributed by atoms with E-state index in [4.69, 9.17) is 12.2 Å². The number of piperidine rings is 1. The molecule has 0 aromatic heterocycles. The molecule has 0 radical (unpaired) electrons. The van der Waals surface area contributed by atoms with Gasteiger partial charge in [-0.05, 0) is 83.9 Å². The Morgan fingerprint density at radius 2 is 1.82 bits per heavy atom. The van der Waals surface area contributed by atoms with Gasteiger partial charge in [-0.25, -0.2) is 0 Å². The number of hydrogen-bond donors (Lipinski definition) is 2. The molecule has 0 unspecified atom stereocenters. The lowest BCUT2D eigenvalue weighted by atomic mass is 9.98. The Morgan fingerprint density at radius 1 is 1.11 bits per heavy atom. The fourth-order valence-electron chi connectivity index (χ4n) is 3.10. The molecule has 0 spiro atoms. The fraction of sp³-hybridized carbons (Fsp3) is 0.286. The van der Waals surface area contributed by atoms with Gasteiger partial charge in [-0.2, -0.15) is 0 Å². The number of nitrogens with zero attached hydrogens (tertiary/aromatic N) is 1. The molecule has 0 aliphatic carbocycles. The van der Waals surface area contributed by atoms with Gasteiger partial charge in [-0.1, -0.05) is 25.1 Å². The quantitative estimate of drug-likeness (QED) is 0.481. The van der Waals surface area contributed by atoms with E-state index in [1.807, 2.05) is 35.2 Å². The van der Waals surface area contributed by atoms with Crippen molar-refractivity contribution in [2.45, 2.75) is 19.8 Å². The molecule has 1 fully saturated rings. The maximum absolute atomic E-state index is 12.7. The van der Waals surface area contributed by atoms with Crippen molar-refractivity contribution in [1.29, 1.82) is 0 Å². The third kappa shape index (κ3) is 5.29. The molecule has 1 aliphatic heterocycles. The highest BCUT2D eigenvalue weighted by molar-refractivity contribution is 14.1. The third-order valence-corrected chi connectivity index (χ3v) is 5.93. The van der Waals surface area contributed by atoms with Crippen molar-refractivity contribution >= 4 is 57.4 Å². The topological polar surface area (TPSA) is 61.4 Å². The average molecular weight is 507 g/mol. The van der Waals surface area contributed by atoms with E-state index < -0.39 is 0 Å². The van der Waals surface area contributed by atoms with Gasteiger partial charge in [0.1, 0.15) is 0 Å². The zero-order chi connectivity index (χ0) is 20.1. The minimum absolute atomic E-state index is 0.0318. The Kier molecular flexibility index (Phi) is 7.01. The van der Waals surface area contributed by atoms with Crippen molar-refractivity contribution in [2.24, 2.45) is 5.92 Å². The lowest BCUT2D eigenvalue weighted by Gasteiger charge is -2.30. The normalized spacial score (nSPS) is 14.4. The molecule has 0 bridgehead atoms. The van der Waals surface area contributed by atoms with Crippen LogP contribution >= 0.6 is 34.8 Å². The highest BCUT2D eigenvalue weighted by atomic mass is 127. The van der Waals surface area contributed by atoms with Gasteiger partial charge in [0, 0.05) is 27.9 Å². The van der Waals surface area contributed by atoms with Crippen molar-refractivity contribution in [3.63, 3.8) is 0 Å². The number of anilines is 1. The first kappa shape index (κ1) is 20.7. The molecule has 28 heavy (non-hydrogen) atoms. The molecule has 2 aromatic rings. The van der Waals surface area contributed by atoms with E-state index in [1.165, 1.54) is 0 Å². The Bertz CT molecular complexity index is 895. The lowest BCUT2D eigenvalue weighted by molar-refractivity contribution is 0.0697. The first-order chi connectivity index (χ1) is 13.4. The molecule has 2 N–H and O–H groups in total. The van der Waals surface area contributed by atoms with Gasteiger partial charge in [0.15, 0.2) is 5.11 Å². The van der Waals surface area contributed by atoms with Crippen molar-refractivity contribution in [2.75, 3.05) is 18.4 Å². The van der Waals surface area contributed by atoms with Crippen LogP contribution in [0.4, 0.5) is 5.69 Å². The summed E-state index contributed by atoms with van der Waals surface area (Å²) in [5.74, 6) is 0.437. The second-order valence-corrected chi connectivity index (χ2v) is 8.51. The Labute approximate surface area is 184 Å². The van der Waals surface area contributed by atoms with E-state index in [-0.39, 0.29) is 16.9 Å². The monoisotopic (exact) mass is 507 g/mol. The summed E-state index contributed by atoms with van der Waals surface area (Å²) >= 11 is 7.37. The van der Waals surface area contributed by atoms with Gasteiger partial charge in [-0.3, -0.25) is 14.9 Å². The van der Waals surface area contributed by atoms with Crippen LogP contribution in [0.2, 0.25) is 0 Å². The summed E-state index contributed by atoms with van der Waals surface area (Å²) in [4.78, 5) is 27.0. The van der Waals surface area contributed by atoms with E-state index in [9.17, 15) is 9.59 Å². The van der Waals surface area contributed by atoms with E-state index in [2.05, 4.69) is 40.1 Å². The number of benzene rings is 2. The van der Waals surface area contributed by atoms with E-state index >= 15 is 0 Å². The van der Waals surface area contributed by atoms with Crippen LogP contribution in [0.25, 0.3) is 0 Å². The smallest absolute Gasteiger partial charge is 0.258 e. The van der Waals surface area contributed by atoms with Crippen LogP contribution in [0.3, 0.4) is 0 Å². The van der Waals surface area contributed by atoms with E-state index in [1.54, 1.807) is 18.2 Å². The molecule has 7 heteroatoms. The Morgan fingerprint density at radius 3 is 2.54 bits per heavy atom. The summed E-state index contributed by atoms with van der Waals surface area (Å²) < 4.78 is 0.851. The van der Waals surface area contributed by atoms with Crippen LogP contribution in [-0.2, 0) is 0 Å². The van der Waals surface area contributed by atoms with Crippen LogP contribution in [0, 0.1) is 9.49 Å². The molecule has 5 nitrogen and oxygen atoms in total. The first-order valence-corrected chi connectivity index (χ1v) is 10.7. The zero-order valence-electron chi connectivity index (χ0n) is 15.6. The Balaban J connectivity index is 1.62. The van der Waals surface area contributed by atoms with E-state index in [0.29, 0.717) is 22.7 Å². The summed E-state index contributed by atoms with van der Waals surface area (Å²) in [5.41, 5.74) is 1.85. The number of likely N-dealkylation sites (tertiary alicyclic amines) is 1. The molecule has 1 aliphatic rings. The highest BCUT2D eigenvalue weighted by Gasteiger charge is 2.21. The van der Waals surface area contributed by atoms with Gasteiger partial charge >= 0.3 is 0 Å². The van der Waals surface area contributed by atoms with Crippen LogP contribution < -0.4 is 10.6 Å². The van der Waals surface area contributed by atoms with Crippen LogP contribution in [0.15, 0.2) is 48.5 Å². The second-order valence-electron chi connectivity index (χ2n) is 6.94. The molecule has 146 valence electrons.